The van der Waals surface area contributed by atoms with E-state index < -0.39 is 12.0 Å². The van der Waals surface area contributed by atoms with Crippen LogP contribution in [0.15, 0.2) is 36.7 Å². The zero-order valence-electron chi connectivity index (χ0n) is 14.1. The van der Waals surface area contributed by atoms with Gasteiger partial charge in [0.2, 0.25) is 0 Å². The lowest BCUT2D eigenvalue weighted by molar-refractivity contribution is -0.141. The maximum Gasteiger partial charge on any atom is 0.329 e. The van der Waals surface area contributed by atoms with Gasteiger partial charge in [0.25, 0.3) is 5.91 Å². The number of para-hydroxylation sites is 1. The molecule has 3 rings (SSSR count). The lowest BCUT2D eigenvalue weighted by Crippen LogP contribution is -2.43. The number of fused-ring (bicyclic) bond motifs is 1. The van der Waals surface area contributed by atoms with E-state index in [1.165, 1.54) is 12.0 Å². The number of methoxy groups -OCH3 is 1. The van der Waals surface area contributed by atoms with Crippen molar-refractivity contribution < 1.29 is 14.3 Å². The van der Waals surface area contributed by atoms with Gasteiger partial charge in [-0.2, -0.15) is 5.10 Å². The molecule has 1 unspecified atom stereocenters. The zero-order chi connectivity index (χ0) is 17.3. The van der Waals surface area contributed by atoms with Crippen LogP contribution in [-0.4, -0.2) is 34.8 Å². The number of amides is 1. The Morgan fingerprint density at radius 3 is 2.79 bits per heavy atom. The minimum absolute atomic E-state index is 0.231. The van der Waals surface area contributed by atoms with E-state index in [1.54, 1.807) is 17.1 Å². The second-order valence-electron chi connectivity index (χ2n) is 6.39. The second-order valence-corrected chi connectivity index (χ2v) is 6.39. The van der Waals surface area contributed by atoms with E-state index in [2.05, 4.69) is 18.9 Å². The quantitative estimate of drug-likeness (QED) is 0.808. The van der Waals surface area contributed by atoms with Crippen molar-refractivity contribution in [2.45, 2.75) is 32.9 Å². The smallest absolute Gasteiger partial charge is 0.329 e. The second kappa shape index (κ2) is 6.47. The van der Waals surface area contributed by atoms with Crippen LogP contribution < -0.4 is 4.90 Å². The highest BCUT2D eigenvalue weighted by atomic mass is 16.5. The summed E-state index contributed by atoms with van der Waals surface area (Å²) in [7, 11) is 1.34. The molecule has 0 radical (unpaired) electrons. The fourth-order valence-corrected chi connectivity index (χ4v) is 3.05. The molecule has 6 heteroatoms. The Morgan fingerprint density at radius 2 is 2.08 bits per heavy atom. The number of anilines is 1. The van der Waals surface area contributed by atoms with Crippen LogP contribution in [0.2, 0.25) is 0 Å². The van der Waals surface area contributed by atoms with Crippen LogP contribution in [0.25, 0.3) is 0 Å². The molecule has 0 bridgehead atoms. The first-order chi connectivity index (χ1) is 11.5. The van der Waals surface area contributed by atoms with Gasteiger partial charge in [-0.15, -0.1) is 0 Å². The SMILES string of the molecule is COC(=O)C1Cc2ccccc2N1C(=O)c1cnn(CC(C)C)c1. The summed E-state index contributed by atoms with van der Waals surface area (Å²) in [5.74, 6) is -0.206. The van der Waals surface area contributed by atoms with Crippen molar-refractivity contribution in [3.63, 3.8) is 0 Å². The van der Waals surface area contributed by atoms with Gasteiger partial charge < -0.3 is 4.74 Å². The monoisotopic (exact) mass is 327 g/mol. The van der Waals surface area contributed by atoms with Crippen molar-refractivity contribution in [3.05, 3.63) is 47.8 Å². The summed E-state index contributed by atoms with van der Waals surface area (Å²) in [6.45, 7) is 4.92. The number of benzene rings is 1. The Morgan fingerprint density at radius 1 is 1.33 bits per heavy atom. The Labute approximate surface area is 141 Å². The minimum Gasteiger partial charge on any atom is -0.467 e. The van der Waals surface area contributed by atoms with Crippen molar-refractivity contribution in [2.75, 3.05) is 12.0 Å². The third-order valence-corrected chi connectivity index (χ3v) is 4.10. The van der Waals surface area contributed by atoms with Gasteiger partial charge in [-0.25, -0.2) is 4.79 Å². The highest BCUT2D eigenvalue weighted by Gasteiger charge is 2.39. The van der Waals surface area contributed by atoms with Crippen LogP contribution in [-0.2, 0) is 22.5 Å². The molecule has 6 nitrogen and oxygen atoms in total. The predicted octanol–water partition coefficient (Wildman–Crippen LogP) is 2.28. The number of nitrogens with zero attached hydrogens (tertiary/aromatic N) is 3. The number of hydrogen-bond donors (Lipinski definition) is 0. The van der Waals surface area contributed by atoms with E-state index in [9.17, 15) is 9.59 Å². The van der Waals surface area contributed by atoms with Gasteiger partial charge in [-0.3, -0.25) is 14.4 Å². The highest BCUT2D eigenvalue weighted by molar-refractivity contribution is 6.10. The average molecular weight is 327 g/mol. The third-order valence-electron chi connectivity index (χ3n) is 4.10. The molecule has 0 N–H and O–H groups in total. The molecular weight excluding hydrogens is 306 g/mol. The van der Waals surface area contributed by atoms with E-state index in [0.29, 0.717) is 17.9 Å². The van der Waals surface area contributed by atoms with Crippen LogP contribution in [0.4, 0.5) is 5.69 Å². The van der Waals surface area contributed by atoms with E-state index in [4.69, 9.17) is 4.74 Å². The van der Waals surface area contributed by atoms with Crippen molar-refractivity contribution in [3.8, 4) is 0 Å². The van der Waals surface area contributed by atoms with Crippen molar-refractivity contribution in [1.29, 1.82) is 0 Å². The van der Waals surface area contributed by atoms with Crippen LogP contribution in [0, 0.1) is 5.92 Å². The van der Waals surface area contributed by atoms with Crippen LogP contribution >= 0.6 is 0 Å². The number of ether oxygens (including phenoxy) is 1. The lowest BCUT2D eigenvalue weighted by atomic mass is 10.1. The summed E-state index contributed by atoms with van der Waals surface area (Å²) in [6, 6.07) is 6.92. The number of aromatic nitrogens is 2. The summed E-state index contributed by atoms with van der Waals surface area (Å²) >= 11 is 0. The fraction of sp³-hybridized carbons (Fsp3) is 0.389. The van der Waals surface area contributed by atoms with Crippen molar-refractivity contribution in [1.82, 2.24) is 9.78 Å². The normalized spacial score (nSPS) is 16.3. The van der Waals surface area contributed by atoms with Crippen LogP contribution in [0.1, 0.15) is 29.8 Å². The van der Waals surface area contributed by atoms with Crippen LogP contribution in [0.3, 0.4) is 0 Å². The van der Waals surface area contributed by atoms with Crippen molar-refractivity contribution >= 4 is 17.6 Å². The number of esters is 1. The van der Waals surface area contributed by atoms with E-state index in [1.807, 2.05) is 24.3 Å². The number of hydrogen-bond acceptors (Lipinski definition) is 4. The molecule has 1 aromatic carbocycles. The molecule has 0 aliphatic carbocycles. The standard InChI is InChI=1S/C18H21N3O3/c1-12(2)10-20-11-14(9-19-20)17(22)21-15-7-5-4-6-13(15)8-16(21)18(23)24-3/h4-7,9,11-12,16H,8,10H2,1-3H3. The van der Waals surface area contributed by atoms with E-state index >= 15 is 0 Å². The molecule has 2 heterocycles. The van der Waals surface area contributed by atoms with Crippen LogP contribution in [0.5, 0.6) is 0 Å². The Bertz CT molecular complexity index is 766. The Hall–Kier alpha value is -2.63. The van der Waals surface area contributed by atoms with E-state index in [-0.39, 0.29) is 5.91 Å². The number of rotatable bonds is 4. The number of carbonyl (C=O) groups is 2. The summed E-state index contributed by atoms with van der Waals surface area (Å²) in [4.78, 5) is 26.7. The summed E-state index contributed by atoms with van der Waals surface area (Å²) in [5, 5.41) is 4.25. The zero-order valence-corrected chi connectivity index (χ0v) is 14.1. The largest absolute Gasteiger partial charge is 0.467 e. The molecule has 24 heavy (non-hydrogen) atoms. The molecule has 1 aromatic heterocycles. The molecule has 2 aromatic rings. The molecule has 126 valence electrons. The van der Waals surface area contributed by atoms with Gasteiger partial charge in [0.15, 0.2) is 0 Å². The Kier molecular flexibility index (Phi) is 4.38. The van der Waals surface area contributed by atoms with Gasteiger partial charge in [-0.1, -0.05) is 32.0 Å². The molecule has 0 saturated heterocycles. The van der Waals surface area contributed by atoms with Gasteiger partial charge in [0.05, 0.1) is 18.9 Å². The topological polar surface area (TPSA) is 64.4 Å². The maximum absolute atomic E-state index is 13.0. The molecule has 0 spiro atoms. The molecule has 0 saturated carbocycles. The summed E-state index contributed by atoms with van der Waals surface area (Å²) in [6.07, 6.45) is 3.76. The third kappa shape index (κ3) is 2.91. The van der Waals surface area contributed by atoms with E-state index in [0.717, 1.165) is 17.8 Å². The molecule has 1 atom stereocenters. The first kappa shape index (κ1) is 16.2. The first-order valence-electron chi connectivity index (χ1n) is 8.03. The lowest BCUT2D eigenvalue weighted by Gasteiger charge is -2.23. The molecule has 0 fully saturated rings. The fourth-order valence-electron chi connectivity index (χ4n) is 3.05. The molecular formula is C18H21N3O3. The van der Waals surface area contributed by atoms with Gasteiger partial charge >= 0.3 is 5.97 Å². The van der Waals surface area contributed by atoms with Crippen molar-refractivity contribution in [2.24, 2.45) is 5.92 Å². The summed E-state index contributed by atoms with van der Waals surface area (Å²) < 4.78 is 6.64. The minimum atomic E-state index is -0.631. The summed E-state index contributed by atoms with van der Waals surface area (Å²) in [5.41, 5.74) is 2.20. The highest BCUT2D eigenvalue weighted by Crippen LogP contribution is 2.33. The molecule has 1 aliphatic rings. The maximum atomic E-state index is 13.0. The molecule has 1 aliphatic heterocycles. The molecule has 1 amide bonds. The number of carbonyl (C=O) groups excluding carboxylic acids is 2. The van der Waals surface area contributed by atoms with Gasteiger partial charge in [-0.05, 0) is 17.5 Å². The predicted molar refractivity (Wildman–Crippen MR) is 89.8 cm³/mol. The van der Waals surface area contributed by atoms with Gasteiger partial charge in [0, 0.05) is 24.8 Å². The average Bonchev–Trinajstić information content (AvgIpc) is 3.17. The first-order valence-corrected chi connectivity index (χ1v) is 8.03. The van der Waals surface area contributed by atoms with Gasteiger partial charge in [0.1, 0.15) is 6.04 Å². The Balaban J connectivity index is 1.93.